The molecule has 1 aliphatic heterocycles. The third kappa shape index (κ3) is 3.32. The number of imide groups is 1. The SMILES string of the molecule is CC[C@]1(c2ccccc2)NC(=O)N(CC(=O)N[C@@H]2CCCC[C@H]2C)C1=O. The highest BCUT2D eigenvalue weighted by Gasteiger charge is 2.51. The average molecular weight is 357 g/mol. The molecule has 0 bridgehead atoms. The second kappa shape index (κ2) is 7.48. The minimum Gasteiger partial charge on any atom is -0.352 e. The summed E-state index contributed by atoms with van der Waals surface area (Å²) in [6.07, 6.45) is 4.78. The quantitative estimate of drug-likeness (QED) is 0.795. The first-order valence-electron chi connectivity index (χ1n) is 9.47. The molecule has 1 aromatic rings. The minimum atomic E-state index is -1.09. The summed E-state index contributed by atoms with van der Waals surface area (Å²) in [6, 6.07) is 8.82. The van der Waals surface area contributed by atoms with E-state index in [2.05, 4.69) is 17.6 Å². The van der Waals surface area contributed by atoms with Gasteiger partial charge in [-0.2, -0.15) is 0 Å². The maximum Gasteiger partial charge on any atom is 0.325 e. The third-order valence-corrected chi connectivity index (χ3v) is 5.73. The highest BCUT2D eigenvalue weighted by atomic mass is 16.2. The number of carbonyl (C=O) groups excluding carboxylic acids is 3. The highest BCUT2D eigenvalue weighted by Crippen LogP contribution is 2.32. The first kappa shape index (κ1) is 18.4. The molecule has 0 aromatic heterocycles. The van der Waals surface area contributed by atoms with Gasteiger partial charge in [-0.15, -0.1) is 0 Å². The molecule has 1 saturated heterocycles. The molecular weight excluding hydrogens is 330 g/mol. The van der Waals surface area contributed by atoms with Crippen LogP contribution in [0.5, 0.6) is 0 Å². The molecule has 26 heavy (non-hydrogen) atoms. The Kier molecular flexibility index (Phi) is 5.30. The Labute approximate surface area is 154 Å². The van der Waals surface area contributed by atoms with E-state index in [4.69, 9.17) is 0 Å². The number of hydrogen-bond donors (Lipinski definition) is 2. The largest absolute Gasteiger partial charge is 0.352 e. The van der Waals surface area contributed by atoms with Gasteiger partial charge in [0.25, 0.3) is 5.91 Å². The molecule has 0 unspecified atom stereocenters. The third-order valence-electron chi connectivity index (χ3n) is 5.73. The minimum absolute atomic E-state index is 0.127. The van der Waals surface area contributed by atoms with Gasteiger partial charge in [0.1, 0.15) is 12.1 Å². The molecule has 0 radical (unpaired) electrons. The monoisotopic (exact) mass is 357 g/mol. The standard InChI is InChI=1S/C20H27N3O3/c1-3-20(15-10-5-4-6-11-15)18(25)23(19(26)22-20)13-17(24)21-16-12-8-7-9-14(16)2/h4-6,10-11,14,16H,3,7-9,12-13H2,1-2H3,(H,21,24)(H,22,26)/t14-,16-,20-/m1/s1. The fourth-order valence-electron chi connectivity index (χ4n) is 4.06. The average Bonchev–Trinajstić information content (AvgIpc) is 2.89. The van der Waals surface area contributed by atoms with Gasteiger partial charge in [0.05, 0.1) is 0 Å². The zero-order valence-corrected chi connectivity index (χ0v) is 15.5. The van der Waals surface area contributed by atoms with Gasteiger partial charge in [0, 0.05) is 6.04 Å². The summed E-state index contributed by atoms with van der Waals surface area (Å²) in [5.41, 5.74) is -0.346. The van der Waals surface area contributed by atoms with Crippen molar-refractivity contribution in [2.45, 2.75) is 57.5 Å². The summed E-state index contributed by atoms with van der Waals surface area (Å²) in [5.74, 6) is -0.204. The van der Waals surface area contributed by atoms with Crippen molar-refractivity contribution >= 4 is 17.8 Å². The van der Waals surface area contributed by atoms with E-state index in [0.29, 0.717) is 12.3 Å². The van der Waals surface area contributed by atoms with E-state index in [1.54, 1.807) is 0 Å². The van der Waals surface area contributed by atoms with E-state index in [1.165, 1.54) is 6.42 Å². The van der Waals surface area contributed by atoms with Crippen molar-refractivity contribution in [3.8, 4) is 0 Å². The Hall–Kier alpha value is -2.37. The summed E-state index contributed by atoms with van der Waals surface area (Å²) in [5, 5.41) is 5.82. The molecule has 1 saturated carbocycles. The molecule has 2 fully saturated rings. The lowest BCUT2D eigenvalue weighted by molar-refractivity contribution is -0.135. The van der Waals surface area contributed by atoms with Crippen LogP contribution in [0.15, 0.2) is 30.3 Å². The maximum atomic E-state index is 13.0. The van der Waals surface area contributed by atoms with Gasteiger partial charge in [-0.3, -0.25) is 14.5 Å². The van der Waals surface area contributed by atoms with Crippen LogP contribution in [0, 0.1) is 5.92 Å². The van der Waals surface area contributed by atoms with Gasteiger partial charge in [0.15, 0.2) is 0 Å². The van der Waals surface area contributed by atoms with Crippen LogP contribution in [0.3, 0.4) is 0 Å². The summed E-state index contributed by atoms with van der Waals surface area (Å²) >= 11 is 0. The highest BCUT2D eigenvalue weighted by molar-refractivity contribution is 6.09. The topological polar surface area (TPSA) is 78.5 Å². The lowest BCUT2D eigenvalue weighted by Gasteiger charge is -2.30. The molecule has 6 nitrogen and oxygen atoms in total. The van der Waals surface area contributed by atoms with Crippen molar-refractivity contribution < 1.29 is 14.4 Å². The molecule has 2 N–H and O–H groups in total. The number of urea groups is 1. The van der Waals surface area contributed by atoms with Gasteiger partial charge in [0.2, 0.25) is 5.91 Å². The van der Waals surface area contributed by atoms with E-state index in [-0.39, 0.29) is 24.4 Å². The molecule has 1 aliphatic carbocycles. The van der Waals surface area contributed by atoms with Gasteiger partial charge in [-0.1, -0.05) is 57.0 Å². The van der Waals surface area contributed by atoms with Crippen molar-refractivity contribution in [3.63, 3.8) is 0 Å². The number of nitrogens with one attached hydrogen (secondary N) is 2. The number of benzene rings is 1. The van der Waals surface area contributed by atoms with E-state index in [9.17, 15) is 14.4 Å². The van der Waals surface area contributed by atoms with Crippen molar-refractivity contribution in [1.82, 2.24) is 15.5 Å². The van der Waals surface area contributed by atoms with Crippen LogP contribution in [-0.4, -0.2) is 35.3 Å². The summed E-state index contributed by atoms with van der Waals surface area (Å²) in [7, 11) is 0. The molecule has 1 heterocycles. The lowest BCUT2D eigenvalue weighted by Crippen LogP contribution is -2.48. The lowest BCUT2D eigenvalue weighted by atomic mass is 9.86. The zero-order valence-electron chi connectivity index (χ0n) is 15.5. The second-order valence-corrected chi connectivity index (χ2v) is 7.38. The van der Waals surface area contributed by atoms with Crippen LogP contribution in [0.2, 0.25) is 0 Å². The predicted molar refractivity (Wildman–Crippen MR) is 98.2 cm³/mol. The first-order valence-corrected chi connectivity index (χ1v) is 9.47. The van der Waals surface area contributed by atoms with Crippen LogP contribution in [-0.2, 0) is 15.1 Å². The van der Waals surface area contributed by atoms with Crippen molar-refractivity contribution in [2.75, 3.05) is 6.54 Å². The van der Waals surface area contributed by atoms with E-state index < -0.39 is 11.6 Å². The van der Waals surface area contributed by atoms with Gasteiger partial charge < -0.3 is 10.6 Å². The number of amides is 4. The molecule has 3 rings (SSSR count). The molecule has 140 valence electrons. The summed E-state index contributed by atoms with van der Waals surface area (Å²) in [6.45, 7) is 3.76. The first-order chi connectivity index (χ1) is 12.5. The van der Waals surface area contributed by atoms with Crippen LogP contribution in [0.25, 0.3) is 0 Å². The molecule has 4 amide bonds. The van der Waals surface area contributed by atoms with Crippen LogP contribution in [0.1, 0.15) is 51.5 Å². The zero-order chi connectivity index (χ0) is 18.7. The Morgan fingerprint density at radius 3 is 2.58 bits per heavy atom. The van der Waals surface area contributed by atoms with Crippen LogP contribution >= 0.6 is 0 Å². The van der Waals surface area contributed by atoms with E-state index >= 15 is 0 Å². The molecule has 3 atom stereocenters. The van der Waals surface area contributed by atoms with Gasteiger partial charge in [-0.25, -0.2) is 4.79 Å². The van der Waals surface area contributed by atoms with Crippen molar-refractivity contribution in [2.24, 2.45) is 5.92 Å². The van der Waals surface area contributed by atoms with Crippen LogP contribution < -0.4 is 10.6 Å². The molecule has 1 aromatic carbocycles. The molecular formula is C20H27N3O3. The Bertz CT molecular complexity index is 691. The number of rotatable bonds is 5. The van der Waals surface area contributed by atoms with Crippen molar-refractivity contribution in [1.29, 1.82) is 0 Å². The predicted octanol–water partition coefficient (Wildman–Crippen LogP) is 2.54. The van der Waals surface area contributed by atoms with E-state index in [0.717, 1.165) is 29.7 Å². The summed E-state index contributed by atoms with van der Waals surface area (Å²) in [4.78, 5) is 39.0. The van der Waals surface area contributed by atoms with E-state index in [1.807, 2.05) is 37.3 Å². The fourth-order valence-corrected chi connectivity index (χ4v) is 4.06. The second-order valence-electron chi connectivity index (χ2n) is 7.38. The Balaban J connectivity index is 1.71. The Morgan fingerprint density at radius 1 is 1.23 bits per heavy atom. The summed E-state index contributed by atoms with van der Waals surface area (Å²) < 4.78 is 0. The number of hydrogen-bond acceptors (Lipinski definition) is 3. The maximum absolute atomic E-state index is 13.0. The van der Waals surface area contributed by atoms with Gasteiger partial charge in [-0.05, 0) is 30.7 Å². The fraction of sp³-hybridized carbons (Fsp3) is 0.550. The van der Waals surface area contributed by atoms with Crippen LogP contribution in [0.4, 0.5) is 4.79 Å². The molecule has 0 spiro atoms. The smallest absolute Gasteiger partial charge is 0.325 e. The normalized spacial score (nSPS) is 28.8. The molecule has 6 heteroatoms. The number of carbonyl (C=O) groups is 3. The number of nitrogens with zero attached hydrogens (tertiary/aromatic N) is 1. The molecule has 2 aliphatic rings. The van der Waals surface area contributed by atoms with Crippen molar-refractivity contribution in [3.05, 3.63) is 35.9 Å². The van der Waals surface area contributed by atoms with Gasteiger partial charge >= 0.3 is 6.03 Å². The Morgan fingerprint density at radius 2 is 1.92 bits per heavy atom.